The maximum atomic E-state index is 3.80. The van der Waals surface area contributed by atoms with Gasteiger partial charge in [-0.3, -0.25) is 4.48 Å². The van der Waals surface area contributed by atoms with Crippen molar-refractivity contribution in [2.24, 2.45) is 0 Å². The smallest absolute Gasteiger partial charge is 0.0885 e. The van der Waals surface area contributed by atoms with E-state index in [9.17, 15) is 0 Å². The van der Waals surface area contributed by atoms with Gasteiger partial charge >= 0.3 is 0 Å². The van der Waals surface area contributed by atoms with Gasteiger partial charge in [0, 0.05) is 6.42 Å². The van der Waals surface area contributed by atoms with Crippen LogP contribution in [0.15, 0.2) is 12.8 Å². The van der Waals surface area contributed by atoms with Crippen LogP contribution >= 0.6 is 0 Å². The lowest BCUT2D eigenvalue weighted by Gasteiger charge is -2.41. The quantitative estimate of drug-likeness (QED) is 0.473. The van der Waals surface area contributed by atoms with E-state index >= 15 is 0 Å². The summed E-state index contributed by atoms with van der Waals surface area (Å²) >= 11 is 0. The molecule has 0 bridgehead atoms. The Balaban J connectivity index is 2.45. The molecule has 1 aliphatic rings. The summed E-state index contributed by atoms with van der Waals surface area (Å²) in [6, 6.07) is 0. The molecule has 0 spiro atoms. The van der Waals surface area contributed by atoms with E-state index in [2.05, 4.69) is 19.7 Å². The lowest BCUT2D eigenvalue weighted by Crippen LogP contribution is -2.52. The summed E-state index contributed by atoms with van der Waals surface area (Å²) in [5.41, 5.74) is 0. The van der Waals surface area contributed by atoms with Crippen LogP contribution in [0.1, 0.15) is 13.3 Å². The van der Waals surface area contributed by atoms with E-state index in [1.807, 2.05) is 0 Å². The minimum Gasteiger partial charge on any atom is -0.298 e. The van der Waals surface area contributed by atoms with E-state index in [-0.39, 0.29) is 0 Å². The highest BCUT2D eigenvalue weighted by molar-refractivity contribution is 4.63. The number of nitrogens with zero attached hydrogens (tertiary/aromatic N) is 1. The molecule has 1 fully saturated rings. The molecular formula is C7H14N+. The van der Waals surface area contributed by atoms with Crippen LogP contribution in [0.4, 0.5) is 0 Å². The van der Waals surface area contributed by atoms with Gasteiger partial charge < -0.3 is 0 Å². The van der Waals surface area contributed by atoms with Gasteiger partial charge in [-0.2, -0.15) is 0 Å². The van der Waals surface area contributed by atoms with Crippen LogP contribution in [-0.4, -0.2) is 24.1 Å². The van der Waals surface area contributed by atoms with Crippen LogP contribution in [-0.2, 0) is 0 Å². The Morgan fingerprint density at radius 3 is 2.25 bits per heavy atom. The molecular weight excluding hydrogens is 98.1 g/mol. The van der Waals surface area contributed by atoms with Crippen molar-refractivity contribution in [2.45, 2.75) is 13.3 Å². The molecule has 46 valence electrons. The molecule has 0 amide bonds. The van der Waals surface area contributed by atoms with Crippen LogP contribution < -0.4 is 0 Å². The molecule has 0 aromatic carbocycles. The van der Waals surface area contributed by atoms with Gasteiger partial charge in [0.2, 0.25) is 0 Å². The predicted octanol–water partition coefficient (Wildman–Crippen LogP) is 1.37. The van der Waals surface area contributed by atoms with Crippen molar-refractivity contribution in [3.63, 3.8) is 0 Å². The molecule has 1 nitrogen and oxygen atoms in total. The van der Waals surface area contributed by atoms with Gasteiger partial charge in [-0.15, -0.1) is 0 Å². The van der Waals surface area contributed by atoms with E-state index in [4.69, 9.17) is 0 Å². The maximum absolute atomic E-state index is 3.80. The predicted molar refractivity (Wildman–Crippen MR) is 35.3 cm³/mol. The van der Waals surface area contributed by atoms with Crippen molar-refractivity contribution in [2.75, 3.05) is 19.6 Å². The Morgan fingerprint density at radius 1 is 1.62 bits per heavy atom. The SMILES string of the molecule is C=C[N+]1(CC)CCC1. The minimum atomic E-state index is 1.15. The molecule has 0 atom stereocenters. The lowest BCUT2D eigenvalue weighted by atomic mass is 10.1. The molecule has 0 unspecified atom stereocenters. The Bertz CT molecular complexity index is 87.1. The van der Waals surface area contributed by atoms with E-state index in [0.29, 0.717) is 0 Å². The molecule has 1 aliphatic heterocycles. The summed E-state index contributed by atoms with van der Waals surface area (Å²) in [4.78, 5) is 0. The molecule has 0 saturated carbocycles. The van der Waals surface area contributed by atoms with Crippen LogP contribution in [0.3, 0.4) is 0 Å². The molecule has 1 saturated heterocycles. The zero-order valence-electron chi connectivity index (χ0n) is 5.56. The van der Waals surface area contributed by atoms with Gasteiger partial charge in [0.25, 0.3) is 0 Å². The minimum absolute atomic E-state index is 1.15. The molecule has 8 heavy (non-hydrogen) atoms. The lowest BCUT2D eigenvalue weighted by molar-refractivity contribution is -0.915. The first-order valence-corrected chi connectivity index (χ1v) is 3.32. The first-order valence-electron chi connectivity index (χ1n) is 3.32. The molecule has 1 heteroatoms. The normalized spacial score (nSPS) is 24.1. The second kappa shape index (κ2) is 1.90. The van der Waals surface area contributed by atoms with Crippen LogP contribution in [0.25, 0.3) is 0 Å². The molecule has 0 aromatic heterocycles. The summed E-state index contributed by atoms with van der Waals surface area (Å²) in [5.74, 6) is 0. The summed E-state index contributed by atoms with van der Waals surface area (Å²) in [5, 5.41) is 0. The summed E-state index contributed by atoms with van der Waals surface area (Å²) in [6.07, 6.45) is 3.46. The van der Waals surface area contributed by atoms with E-state index < -0.39 is 0 Å². The van der Waals surface area contributed by atoms with Gasteiger partial charge in [-0.1, -0.05) is 0 Å². The van der Waals surface area contributed by atoms with Gasteiger partial charge in [0.05, 0.1) is 25.8 Å². The number of hydrogen-bond acceptors (Lipinski definition) is 0. The Kier molecular flexibility index (Phi) is 1.39. The number of likely N-dealkylation sites (tertiary alicyclic amines) is 1. The number of hydrogen-bond donors (Lipinski definition) is 0. The molecule has 1 heterocycles. The fourth-order valence-electron chi connectivity index (χ4n) is 1.19. The van der Waals surface area contributed by atoms with E-state index in [0.717, 1.165) is 4.48 Å². The highest BCUT2D eigenvalue weighted by atomic mass is 15.4. The molecule has 1 rings (SSSR count). The second-order valence-corrected chi connectivity index (χ2v) is 2.52. The van der Waals surface area contributed by atoms with Crippen molar-refractivity contribution in [1.82, 2.24) is 0 Å². The zero-order valence-corrected chi connectivity index (χ0v) is 5.56. The highest BCUT2D eigenvalue weighted by Crippen LogP contribution is 2.18. The number of quaternary nitrogens is 1. The first kappa shape index (κ1) is 5.83. The summed E-state index contributed by atoms with van der Waals surface area (Å²) in [6.45, 7) is 9.89. The van der Waals surface area contributed by atoms with Crippen molar-refractivity contribution < 1.29 is 4.48 Å². The monoisotopic (exact) mass is 112 g/mol. The van der Waals surface area contributed by atoms with Gasteiger partial charge in [0.15, 0.2) is 0 Å². The highest BCUT2D eigenvalue weighted by Gasteiger charge is 2.29. The fourth-order valence-corrected chi connectivity index (χ4v) is 1.19. The fraction of sp³-hybridized carbons (Fsp3) is 0.714. The van der Waals surface area contributed by atoms with Gasteiger partial charge in [-0.05, 0) is 13.5 Å². The van der Waals surface area contributed by atoms with Crippen LogP contribution in [0.2, 0.25) is 0 Å². The third-order valence-corrected chi connectivity index (χ3v) is 2.22. The molecule has 0 N–H and O–H groups in total. The third-order valence-electron chi connectivity index (χ3n) is 2.22. The van der Waals surface area contributed by atoms with E-state index in [1.165, 1.54) is 26.1 Å². The van der Waals surface area contributed by atoms with Crippen LogP contribution in [0.5, 0.6) is 0 Å². The summed E-state index contributed by atoms with van der Waals surface area (Å²) in [7, 11) is 0. The third kappa shape index (κ3) is 0.671. The average molecular weight is 112 g/mol. The standard InChI is InChI=1S/C7H14N/c1-3-8(4-2)6-5-7-8/h3H,1,4-7H2,2H3/q+1. The summed E-state index contributed by atoms with van der Waals surface area (Å²) < 4.78 is 1.15. The van der Waals surface area contributed by atoms with Gasteiger partial charge in [-0.25, -0.2) is 0 Å². The Morgan fingerprint density at radius 2 is 2.25 bits per heavy atom. The van der Waals surface area contributed by atoms with Crippen LogP contribution in [0, 0.1) is 0 Å². The number of rotatable bonds is 2. The first-order chi connectivity index (χ1) is 3.83. The molecule has 0 aromatic rings. The zero-order chi connectivity index (χ0) is 6.04. The second-order valence-electron chi connectivity index (χ2n) is 2.52. The van der Waals surface area contributed by atoms with Crippen molar-refractivity contribution in [3.05, 3.63) is 12.8 Å². The van der Waals surface area contributed by atoms with Crippen molar-refractivity contribution in [3.8, 4) is 0 Å². The van der Waals surface area contributed by atoms with Gasteiger partial charge in [0.1, 0.15) is 0 Å². The van der Waals surface area contributed by atoms with E-state index in [1.54, 1.807) is 0 Å². The largest absolute Gasteiger partial charge is 0.298 e. The molecule has 0 aliphatic carbocycles. The Labute approximate surface area is 51.2 Å². The maximum Gasteiger partial charge on any atom is 0.0885 e. The Hall–Kier alpha value is -0.300. The average Bonchev–Trinajstić information content (AvgIpc) is 1.67. The van der Waals surface area contributed by atoms with Crippen molar-refractivity contribution in [1.29, 1.82) is 0 Å². The topological polar surface area (TPSA) is 0 Å². The molecule has 0 radical (unpaired) electrons. The van der Waals surface area contributed by atoms with Crippen molar-refractivity contribution >= 4 is 0 Å².